The lowest BCUT2D eigenvalue weighted by Crippen LogP contribution is -2.56. The molecule has 1 N–H and O–H groups in total. The Bertz CT molecular complexity index is 732. The minimum absolute atomic E-state index is 0.0695. The molecule has 0 unspecified atom stereocenters. The average Bonchev–Trinajstić information content (AvgIpc) is 3.11. The van der Waals surface area contributed by atoms with Crippen LogP contribution in [-0.4, -0.2) is 49.6 Å². The molecule has 0 aromatic rings. The molecular weight excluding hydrogens is 348 g/mol. The molecule has 0 aromatic heterocycles. The minimum Gasteiger partial charge on any atom is -0.469 e. The summed E-state index contributed by atoms with van der Waals surface area (Å²) in [6.07, 6.45) is 3.89. The lowest BCUT2D eigenvalue weighted by atomic mass is 9.58. The molecule has 5 rings (SSSR count). The van der Waals surface area contributed by atoms with Crippen molar-refractivity contribution in [3.05, 3.63) is 12.2 Å². The highest BCUT2D eigenvalue weighted by Crippen LogP contribution is 2.78. The van der Waals surface area contributed by atoms with Crippen molar-refractivity contribution in [2.45, 2.75) is 50.2 Å². The van der Waals surface area contributed by atoms with Crippen molar-refractivity contribution in [2.24, 2.45) is 34.5 Å². The van der Waals surface area contributed by atoms with Crippen molar-refractivity contribution in [2.75, 3.05) is 20.8 Å². The van der Waals surface area contributed by atoms with E-state index in [9.17, 15) is 14.7 Å². The van der Waals surface area contributed by atoms with Crippen molar-refractivity contribution < 1.29 is 28.9 Å². The van der Waals surface area contributed by atoms with Crippen LogP contribution in [0.5, 0.6) is 0 Å². The van der Waals surface area contributed by atoms with Gasteiger partial charge in [-0.1, -0.05) is 12.2 Å². The highest BCUT2D eigenvalue weighted by molar-refractivity contribution is 5.86. The highest BCUT2D eigenvalue weighted by Gasteiger charge is 2.84. The van der Waals surface area contributed by atoms with Gasteiger partial charge in [0.15, 0.2) is 0 Å². The van der Waals surface area contributed by atoms with E-state index in [1.807, 2.05) is 0 Å². The molecule has 4 saturated carbocycles. The zero-order valence-electron chi connectivity index (χ0n) is 16.0. The Morgan fingerprint density at radius 1 is 1.33 bits per heavy atom. The van der Waals surface area contributed by atoms with Gasteiger partial charge in [0, 0.05) is 18.9 Å². The predicted molar refractivity (Wildman–Crippen MR) is 94.4 cm³/mol. The minimum atomic E-state index is -1.18. The summed E-state index contributed by atoms with van der Waals surface area (Å²) in [5.74, 6) is -1.00. The first kappa shape index (κ1) is 17.7. The van der Waals surface area contributed by atoms with E-state index in [-0.39, 0.29) is 23.9 Å². The molecule has 0 radical (unpaired) electrons. The van der Waals surface area contributed by atoms with Crippen molar-refractivity contribution in [3.63, 3.8) is 0 Å². The fourth-order valence-corrected chi connectivity index (χ4v) is 8.07. The molecule has 4 aliphatic carbocycles. The third kappa shape index (κ3) is 1.76. The van der Waals surface area contributed by atoms with E-state index in [1.165, 1.54) is 19.8 Å². The second-order valence-corrected chi connectivity index (χ2v) is 9.45. The normalized spacial score (nSPS) is 52.3. The zero-order chi connectivity index (χ0) is 19.2. The second-order valence-electron chi connectivity index (χ2n) is 9.45. The zero-order valence-corrected chi connectivity index (χ0v) is 16.0. The van der Waals surface area contributed by atoms with Crippen LogP contribution in [0.3, 0.4) is 0 Å². The fraction of sp³-hybridized carbons (Fsp3) is 0.810. The number of ether oxygens (including phenoxy) is 3. The van der Waals surface area contributed by atoms with Crippen molar-refractivity contribution in [3.8, 4) is 0 Å². The van der Waals surface area contributed by atoms with Crippen LogP contribution in [0.4, 0.5) is 0 Å². The number of hydrogen-bond donors (Lipinski definition) is 1. The first-order valence-corrected chi connectivity index (χ1v) is 10.0. The number of aliphatic hydroxyl groups excluding tert-OH is 1. The standard InChI is InChI=1S/C21H28O6/c1-11-8-19-9-12(11)4-5-13(19)21-7-6-14(22)20(10-25-2,18(24)27-21)16(21)15(19)17(23)26-3/h12-16,22H,1,4-10H2,2-3H3/t12-,13-,14+,15-,16-,19+,20-,21-/m1/s1. The molecule has 27 heavy (non-hydrogen) atoms. The van der Waals surface area contributed by atoms with Gasteiger partial charge in [-0.3, -0.25) is 9.59 Å². The Balaban J connectivity index is 1.74. The number of aliphatic hydroxyl groups is 1. The van der Waals surface area contributed by atoms with Gasteiger partial charge in [-0.2, -0.15) is 0 Å². The van der Waals surface area contributed by atoms with Crippen LogP contribution in [0, 0.1) is 34.5 Å². The maximum Gasteiger partial charge on any atom is 0.318 e. The molecule has 6 heteroatoms. The molecule has 0 amide bonds. The molecular formula is C21H28O6. The van der Waals surface area contributed by atoms with Crippen LogP contribution in [0.1, 0.15) is 38.5 Å². The number of fused-ring (bicyclic) bond motifs is 1. The van der Waals surface area contributed by atoms with Gasteiger partial charge in [0.25, 0.3) is 0 Å². The van der Waals surface area contributed by atoms with E-state index < -0.39 is 34.9 Å². The molecule has 5 aliphatic rings. The number of carbonyl (C=O) groups excluding carboxylic acids is 2. The van der Waals surface area contributed by atoms with E-state index in [2.05, 4.69) is 6.58 Å². The van der Waals surface area contributed by atoms with E-state index in [1.54, 1.807) is 0 Å². The van der Waals surface area contributed by atoms with Gasteiger partial charge < -0.3 is 19.3 Å². The van der Waals surface area contributed by atoms with E-state index in [0.29, 0.717) is 18.8 Å². The summed E-state index contributed by atoms with van der Waals surface area (Å²) in [5.41, 5.74) is -0.938. The lowest BCUT2D eigenvalue weighted by molar-refractivity contribution is -0.168. The third-order valence-corrected chi connectivity index (χ3v) is 8.79. The number of hydrogen-bond acceptors (Lipinski definition) is 6. The van der Waals surface area contributed by atoms with Gasteiger partial charge in [-0.05, 0) is 49.9 Å². The molecule has 4 bridgehead atoms. The third-order valence-electron chi connectivity index (χ3n) is 8.79. The van der Waals surface area contributed by atoms with Crippen molar-refractivity contribution >= 4 is 11.9 Å². The molecule has 1 aliphatic heterocycles. The lowest BCUT2D eigenvalue weighted by Gasteiger charge is -2.45. The Morgan fingerprint density at radius 3 is 2.81 bits per heavy atom. The quantitative estimate of drug-likeness (QED) is 0.598. The monoisotopic (exact) mass is 376 g/mol. The Hall–Kier alpha value is -1.40. The van der Waals surface area contributed by atoms with Crippen molar-refractivity contribution in [1.82, 2.24) is 0 Å². The van der Waals surface area contributed by atoms with E-state index in [0.717, 1.165) is 25.7 Å². The Morgan fingerprint density at radius 2 is 2.11 bits per heavy atom. The summed E-state index contributed by atoms with van der Waals surface area (Å²) in [5, 5.41) is 11.0. The summed E-state index contributed by atoms with van der Waals surface area (Å²) in [7, 11) is 2.94. The van der Waals surface area contributed by atoms with Gasteiger partial charge in [0.05, 0.1) is 25.7 Å². The SMILES string of the molecule is C=C1C[C@]23C[C@H]1CC[C@H]2[C@@]12CC[C@H](O)[C@@](COC)(C(=O)O1)[C@H]2[C@@H]3C(=O)OC. The van der Waals surface area contributed by atoms with Gasteiger partial charge in [-0.25, -0.2) is 0 Å². The van der Waals surface area contributed by atoms with Crippen LogP contribution in [0.25, 0.3) is 0 Å². The Labute approximate surface area is 159 Å². The molecule has 1 saturated heterocycles. The Kier molecular flexibility index (Phi) is 3.50. The van der Waals surface area contributed by atoms with Crippen LogP contribution in [-0.2, 0) is 23.8 Å². The number of methoxy groups -OCH3 is 2. The van der Waals surface area contributed by atoms with Gasteiger partial charge in [0.1, 0.15) is 11.0 Å². The summed E-state index contributed by atoms with van der Waals surface area (Å²) < 4.78 is 16.9. The first-order chi connectivity index (χ1) is 12.9. The van der Waals surface area contributed by atoms with Crippen LogP contribution in [0.15, 0.2) is 12.2 Å². The number of esters is 2. The van der Waals surface area contributed by atoms with Crippen LogP contribution < -0.4 is 0 Å². The van der Waals surface area contributed by atoms with Gasteiger partial charge in [0.2, 0.25) is 0 Å². The van der Waals surface area contributed by atoms with Crippen LogP contribution >= 0.6 is 0 Å². The topological polar surface area (TPSA) is 82.1 Å². The maximum atomic E-state index is 13.2. The molecule has 1 heterocycles. The van der Waals surface area contributed by atoms with E-state index in [4.69, 9.17) is 14.2 Å². The first-order valence-electron chi connectivity index (χ1n) is 10.0. The average molecular weight is 376 g/mol. The predicted octanol–water partition coefficient (Wildman–Crippen LogP) is 1.85. The molecule has 148 valence electrons. The fourth-order valence-electron chi connectivity index (χ4n) is 8.07. The summed E-state index contributed by atoms with van der Waals surface area (Å²) in [6.45, 7) is 4.37. The molecule has 6 nitrogen and oxygen atoms in total. The van der Waals surface area contributed by atoms with E-state index >= 15 is 0 Å². The smallest absolute Gasteiger partial charge is 0.318 e. The summed E-state index contributed by atoms with van der Waals surface area (Å²) in [6, 6.07) is 0. The second kappa shape index (κ2) is 5.35. The molecule has 8 atom stereocenters. The number of carbonyl (C=O) groups is 2. The summed E-state index contributed by atoms with van der Waals surface area (Å²) in [4.78, 5) is 26.3. The molecule has 1 spiro atoms. The van der Waals surface area contributed by atoms with Crippen LogP contribution in [0.2, 0.25) is 0 Å². The maximum absolute atomic E-state index is 13.2. The number of rotatable bonds is 3. The van der Waals surface area contributed by atoms with Gasteiger partial charge >= 0.3 is 11.9 Å². The highest BCUT2D eigenvalue weighted by atomic mass is 16.6. The summed E-state index contributed by atoms with van der Waals surface area (Å²) >= 11 is 0. The molecule has 0 aromatic carbocycles. The van der Waals surface area contributed by atoms with Crippen molar-refractivity contribution in [1.29, 1.82) is 0 Å². The van der Waals surface area contributed by atoms with Gasteiger partial charge in [-0.15, -0.1) is 0 Å². The number of allylic oxidation sites excluding steroid dienone is 1. The largest absolute Gasteiger partial charge is 0.469 e. The molecule has 5 fully saturated rings.